The van der Waals surface area contributed by atoms with Crippen LogP contribution in [0.5, 0.6) is 0 Å². The molecule has 0 radical (unpaired) electrons. The lowest BCUT2D eigenvalue weighted by molar-refractivity contribution is 0.0636. The second-order valence-electron chi connectivity index (χ2n) is 5.31. The largest absolute Gasteiger partial charge is 0.444 e. The highest BCUT2D eigenvalue weighted by molar-refractivity contribution is 7.14. The summed E-state index contributed by atoms with van der Waals surface area (Å²) in [5.74, 6) is 0. The molecule has 0 unspecified atom stereocenters. The van der Waals surface area contributed by atoms with Gasteiger partial charge in [0.1, 0.15) is 5.60 Å². The monoisotopic (exact) mass is 303 g/mol. The maximum Gasteiger partial charge on any atom is 0.413 e. The van der Waals surface area contributed by atoms with Gasteiger partial charge in [-0.05, 0) is 39.0 Å². The Morgan fingerprint density at radius 3 is 2.90 bits per heavy atom. The van der Waals surface area contributed by atoms with Crippen LogP contribution >= 0.6 is 11.3 Å². The zero-order chi connectivity index (χ0) is 15.5. The molecule has 0 saturated carbocycles. The van der Waals surface area contributed by atoms with Crippen LogP contribution in [0.4, 0.5) is 9.93 Å². The third kappa shape index (κ3) is 4.13. The van der Waals surface area contributed by atoms with E-state index in [-0.39, 0.29) is 0 Å². The van der Waals surface area contributed by atoms with Gasteiger partial charge in [0, 0.05) is 17.1 Å². The van der Waals surface area contributed by atoms with Crippen LogP contribution in [-0.2, 0) is 4.74 Å². The molecule has 6 heteroatoms. The Morgan fingerprint density at radius 1 is 1.48 bits per heavy atom. The predicted octanol–water partition coefficient (Wildman–Crippen LogP) is 4.20. The fourth-order valence-corrected chi connectivity index (χ4v) is 2.34. The Balaban J connectivity index is 2.15. The number of thiazole rings is 1. The molecule has 0 atom stereocenters. The average Bonchev–Trinajstić information content (AvgIpc) is 2.84. The third-order valence-electron chi connectivity index (χ3n) is 2.42. The fourth-order valence-electron chi connectivity index (χ4n) is 1.64. The first-order valence-corrected chi connectivity index (χ1v) is 7.30. The smallest absolute Gasteiger partial charge is 0.413 e. The summed E-state index contributed by atoms with van der Waals surface area (Å²) in [5.41, 5.74) is 1.84. The lowest BCUT2D eigenvalue weighted by Gasteiger charge is -2.18. The molecule has 0 aliphatic rings. The van der Waals surface area contributed by atoms with Crippen LogP contribution in [0.1, 0.15) is 26.5 Å². The number of nitrogens with one attached hydrogen (secondary N) is 1. The lowest BCUT2D eigenvalue weighted by Crippen LogP contribution is -2.27. The summed E-state index contributed by atoms with van der Waals surface area (Å²) in [5, 5.41) is 4.97. The number of carbonyl (C=O) groups is 1. The molecule has 21 heavy (non-hydrogen) atoms. The Labute approximate surface area is 127 Å². The summed E-state index contributed by atoms with van der Waals surface area (Å²) >= 11 is 1.33. The number of aromatic nitrogens is 2. The molecular weight excluding hydrogens is 286 g/mol. The maximum atomic E-state index is 11.7. The molecule has 2 aromatic heterocycles. The second-order valence-corrected chi connectivity index (χ2v) is 6.16. The van der Waals surface area contributed by atoms with Crippen molar-refractivity contribution in [3.05, 3.63) is 36.0 Å². The minimum atomic E-state index is -0.538. The molecule has 5 nitrogen and oxygen atoms in total. The third-order valence-corrected chi connectivity index (χ3v) is 3.18. The number of amides is 1. The Bertz CT molecular complexity index is 659. The zero-order valence-electron chi connectivity index (χ0n) is 12.2. The van der Waals surface area contributed by atoms with E-state index in [4.69, 9.17) is 4.74 Å². The van der Waals surface area contributed by atoms with Crippen LogP contribution in [-0.4, -0.2) is 21.7 Å². The van der Waals surface area contributed by atoms with E-state index in [1.54, 1.807) is 12.3 Å². The minimum absolute atomic E-state index is 0.484. The van der Waals surface area contributed by atoms with Gasteiger partial charge in [0.2, 0.25) is 0 Å². The topological polar surface area (TPSA) is 64.1 Å². The molecule has 0 aromatic carbocycles. The van der Waals surface area contributed by atoms with Crippen molar-refractivity contribution in [1.29, 1.82) is 0 Å². The highest BCUT2D eigenvalue weighted by atomic mass is 32.1. The lowest BCUT2D eigenvalue weighted by atomic mass is 10.1. The molecule has 0 spiro atoms. The standard InChI is InChI=1S/C15H17N3O2S/c1-5-11-10(7-6-8-16-11)12-9-21-13(17-12)18-14(19)20-15(2,3)4/h5-9H,1H2,2-4H3,(H,17,18,19). The van der Waals surface area contributed by atoms with E-state index in [0.717, 1.165) is 17.0 Å². The highest BCUT2D eigenvalue weighted by Gasteiger charge is 2.17. The van der Waals surface area contributed by atoms with Crippen LogP contribution in [0, 0.1) is 0 Å². The van der Waals surface area contributed by atoms with Gasteiger partial charge in [-0.2, -0.15) is 0 Å². The first-order chi connectivity index (χ1) is 9.89. The Hall–Kier alpha value is -2.21. The average molecular weight is 303 g/mol. The first kappa shape index (κ1) is 15.2. The van der Waals surface area contributed by atoms with Gasteiger partial charge in [0.05, 0.1) is 11.4 Å². The van der Waals surface area contributed by atoms with Crippen LogP contribution in [0.2, 0.25) is 0 Å². The van der Waals surface area contributed by atoms with E-state index in [0.29, 0.717) is 5.13 Å². The number of nitrogens with zero attached hydrogens (tertiary/aromatic N) is 2. The van der Waals surface area contributed by atoms with E-state index in [1.165, 1.54) is 11.3 Å². The van der Waals surface area contributed by atoms with Crippen molar-refractivity contribution in [1.82, 2.24) is 9.97 Å². The van der Waals surface area contributed by atoms with Gasteiger partial charge in [0.15, 0.2) is 5.13 Å². The van der Waals surface area contributed by atoms with E-state index in [9.17, 15) is 4.79 Å². The number of anilines is 1. The van der Waals surface area contributed by atoms with Crippen molar-refractivity contribution < 1.29 is 9.53 Å². The molecule has 1 N–H and O–H groups in total. The zero-order valence-corrected chi connectivity index (χ0v) is 13.0. The number of ether oxygens (including phenoxy) is 1. The number of pyridine rings is 1. The Kier molecular flexibility index (Phi) is 4.37. The number of rotatable bonds is 3. The van der Waals surface area contributed by atoms with Gasteiger partial charge >= 0.3 is 6.09 Å². The summed E-state index contributed by atoms with van der Waals surface area (Å²) in [7, 11) is 0. The molecule has 0 aliphatic heterocycles. The molecule has 2 rings (SSSR count). The quantitative estimate of drug-likeness (QED) is 0.923. The summed E-state index contributed by atoms with van der Waals surface area (Å²) < 4.78 is 5.19. The molecule has 0 aliphatic carbocycles. The van der Waals surface area contributed by atoms with Crippen LogP contribution in [0.3, 0.4) is 0 Å². The summed E-state index contributed by atoms with van der Waals surface area (Å²) in [6.45, 7) is 9.17. The predicted molar refractivity (Wildman–Crippen MR) is 85.3 cm³/mol. The summed E-state index contributed by atoms with van der Waals surface area (Å²) in [4.78, 5) is 20.3. The van der Waals surface area contributed by atoms with Gasteiger partial charge in [-0.25, -0.2) is 9.78 Å². The SMILES string of the molecule is C=Cc1ncccc1-c1csc(NC(=O)OC(C)(C)C)n1. The van der Waals surface area contributed by atoms with Gasteiger partial charge in [-0.15, -0.1) is 11.3 Å². The van der Waals surface area contributed by atoms with Gasteiger partial charge in [-0.3, -0.25) is 10.3 Å². The van der Waals surface area contributed by atoms with E-state index in [1.807, 2.05) is 38.3 Å². The fraction of sp³-hybridized carbons (Fsp3) is 0.267. The molecule has 110 valence electrons. The number of carbonyl (C=O) groups excluding carboxylic acids is 1. The Morgan fingerprint density at radius 2 is 2.24 bits per heavy atom. The molecule has 2 aromatic rings. The van der Waals surface area contributed by atoms with Gasteiger partial charge in [0.25, 0.3) is 0 Å². The molecule has 2 heterocycles. The number of hydrogen-bond donors (Lipinski definition) is 1. The molecule has 0 bridgehead atoms. The normalized spacial score (nSPS) is 11.0. The maximum absolute atomic E-state index is 11.7. The van der Waals surface area contributed by atoms with Crippen molar-refractivity contribution >= 4 is 28.6 Å². The van der Waals surface area contributed by atoms with Gasteiger partial charge in [-0.1, -0.05) is 6.58 Å². The van der Waals surface area contributed by atoms with Crippen LogP contribution in [0.25, 0.3) is 17.3 Å². The molecule has 0 fully saturated rings. The van der Waals surface area contributed by atoms with E-state index >= 15 is 0 Å². The minimum Gasteiger partial charge on any atom is -0.444 e. The van der Waals surface area contributed by atoms with Crippen molar-refractivity contribution in [3.8, 4) is 11.3 Å². The van der Waals surface area contributed by atoms with E-state index < -0.39 is 11.7 Å². The highest BCUT2D eigenvalue weighted by Crippen LogP contribution is 2.27. The summed E-state index contributed by atoms with van der Waals surface area (Å²) in [6.07, 6.45) is 2.86. The summed E-state index contributed by atoms with van der Waals surface area (Å²) in [6, 6.07) is 3.75. The molecule has 0 saturated heterocycles. The van der Waals surface area contributed by atoms with Crippen molar-refractivity contribution in [3.63, 3.8) is 0 Å². The van der Waals surface area contributed by atoms with E-state index in [2.05, 4.69) is 21.9 Å². The second kappa shape index (κ2) is 6.05. The van der Waals surface area contributed by atoms with Crippen molar-refractivity contribution in [2.75, 3.05) is 5.32 Å². The van der Waals surface area contributed by atoms with Crippen molar-refractivity contribution in [2.45, 2.75) is 26.4 Å². The first-order valence-electron chi connectivity index (χ1n) is 6.42. The van der Waals surface area contributed by atoms with Crippen LogP contribution in [0.15, 0.2) is 30.3 Å². The van der Waals surface area contributed by atoms with Gasteiger partial charge < -0.3 is 4.74 Å². The van der Waals surface area contributed by atoms with Crippen molar-refractivity contribution in [2.24, 2.45) is 0 Å². The molecular formula is C15H17N3O2S. The van der Waals surface area contributed by atoms with Crippen LogP contribution < -0.4 is 5.32 Å². The number of hydrogen-bond acceptors (Lipinski definition) is 5. The molecule has 1 amide bonds.